The van der Waals surface area contributed by atoms with Gasteiger partial charge in [-0.1, -0.05) is 32.1 Å². The summed E-state index contributed by atoms with van der Waals surface area (Å²) in [6, 6.07) is 5.30. The molecule has 2 aliphatic heterocycles. The van der Waals surface area contributed by atoms with Gasteiger partial charge < -0.3 is 10.5 Å². The van der Waals surface area contributed by atoms with Crippen molar-refractivity contribution in [1.82, 2.24) is 4.98 Å². The molecule has 2 unspecified atom stereocenters. The number of rotatable bonds is 5. The molecule has 184 valence electrons. The topological polar surface area (TPSA) is 118 Å². The minimum absolute atomic E-state index is 0.0772. The van der Waals surface area contributed by atoms with Gasteiger partial charge in [0.25, 0.3) is 5.92 Å². The second kappa shape index (κ2) is 8.99. The van der Waals surface area contributed by atoms with Gasteiger partial charge in [-0.15, -0.1) is 0 Å². The first kappa shape index (κ1) is 24.7. The summed E-state index contributed by atoms with van der Waals surface area (Å²) >= 11 is 0. The lowest BCUT2D eigenvalue weighted by molar-refractivity contribution is -0.174. The Bertz CT molecular complexity index is 1170. The third kappa shape index (κ3) is 4.26. The number of allylic oxidation sites excluding steroid dienone is 2. The fraction of sp³-hybridized carbons (Fsp3) is 0.500. The van der Waals surface area contributed by atoms with Crippen LogP contribution >= 0.6 is 0 Å². The summed E-state index contributed by atoms with van der Waals surface area (Å²) in [6.07, 6.45) is 6.84. The largest absolute Gasteiger partial charge is 0.462 e. The highest BCUT2D eigenvalue weighted by Crippen LogP contribution is 2.60. The van der Waals surface area contributed by atoms with E-state index in [0.29, 0.717) is 11.3 Å². The number of hydrogen-bond acceptors (Lipinski definition) is 6. The minimum Gasteiger partial charge on any atom is -0.462 e. The molecule has 7 nitrogen and oxygen atoms in total. The zero-order valence-corrected chi connectivity index (χ0v) is 19.8. The van der Waals surface area contributed by atoms with Crippen molar-refractivity contribution in [1.29, 1.82) is 5.26 Å². The number of primary amides is 1. The number of nitrogens with zero attached hydrogens (tertiary/aromatic N) is 3. The van der Waals surface area contributed by atoms with Gasteiger partial charge in [-0.25, -0.2) is 13.8 Å². The van der Waals surface area contributed by atoms with E-state index < -0.39 is 59.9 Å². The van der Waals surface area contributed by atoms with E-state index in [2.05, 4.69) is 16.0 Å². The summed E-state index contributed by atoms with van der Waals surface area (Å²) in [6.45, 7) is 5.10. The standard InChI is InChI=1S/C26H28F2N4O3/c1-14-9-17(19-5-4-8-31-21(19)11-29)12-32-20(14)7-6-18-15(2)26(27,28)13-25(10-22(30)33)23(18)16(3)35-24(25)34/h4-9,12,14-16,18,20,23H,10,13H2,1-3H3,(H2,30,33)/b7-6+/t14?,15-,16+,18-,20?,23-,25+/m0/s1. The van der Waals surface area contributed by atoms with Crippen LogP contribution in [0.5, 0.6) is 0 Å². The molecule has 1 saturated carbocycles. The van der Waals surface area contributed by atoms with Gasteiger partial charge in [0, 0.05) is 48.6 Å². The molecule has 0 radical (unpaired) electrons. The van der Waals surface area contributed by atoms with Crippen LogP contribution in [0.1, 0.15) is 44.9 Å². The predicted molar refractivity (Wildman–Crippen MR) is 125 cm³/mol. The van der Waals surface area contributed by atoms with Crippen LogP contribution in [0.4, 0.5) is 8.78 Å². The highest BCUT2D eigenvalue weighted by Gasteiger charge is 2.68. The van der Waals surface area contributed by atoms with Crippen LogP contribution in [0.2, 0.25) is 0 Å². The maximum Gasteiger partial charge on any atom is 0.313 e. The third-order valence-corrected chi connectivity index (χ3v) is 7.66. The van der Waals surface area contributed by atoms with Crippen molar-refractivity contribution in [2.24, 2.45) is 39.8 Å². The lowest BCUT2D eigenvalue weighted by Crippen LogP contribution is -2.54. The van der Waals surface area contributed by atoms with Crippen LogP contribution < -0.4 is 5.73 Å². The molecule has 0 aromatic carbocycles. The van der Waals surface area contributed by atoms with Gasteiger partial charge in [0.1, 0.15) is 17.9 Å². The Balaban J connectivity index is 1.63. The monoisotopic (exact) mass is 482 g/mol. The number of carbonyl (C=O) groups is 2. The fourth-order valence-electron chi connectivity index (χ4n) is 5.92. The molecule has 9 heteroatoms. The smallest absolute Gasteiger partial charge is 0.313 e. The average Bonchev–Trinajstić information content (AvgIpc) is 3.02. The number of cyclic esters (lactones) is 1. The number of aliphatic imine (C=N–C) groups is 1. The molecule has 0 spiro atoms. The van der Waals surface area contributed by atoms with E-state index in [9.17, 15) is 14.9 Å². The number of carbonyl (C=O) groups excluding carboxylic acids is 2. The van der Waals surface area contributed by atoms with Crippen LogP contribution in [0.3, 0.4) is 0 Å². The molecular weight excluding hydrogens is 454 g/mol. The van der Waals surface area contributed by atoms with Crippen molar-refractivity contribution in [2.45, 2.75) is 51.7 Å². The first-order valence-corrected chi connectivity index (χ1v) is 11.7. The summed E-state index contributed by atoms with van der Waals surface area (Å²) in [7, 11) is 0. The SMILES string of the molecule is CC1C=C(c2cccnc2C#N)C=NC1/C=C/[C@@H]1[C@@H]2[C@@H](C)OC(=O)[C@]2(CC(N)=O)CC(F)(F)[C@H]1C. The van der Waals surface area contributed by atoms with Crippen molar-refractivity contribution in [3.8, 4) is 6.07 Å². The molecule has 7 atom stereocenters. The maximum absolute atomic E-state index is 15.2. The normalized spacial score (nSPS) is 35.8. The van der Waals surface area contributed by atoms with E-state index >= 15 is 8.78 Å². The molecule has 1 amide bonds. The van der Waals surface area contributed by atoms with Crippen molar-refractivity contribution in [3.05, 3.63) is 47.8 Å². The molecule has 35 heavy (non-hydrogen) atoms. The van der Waals surface area contributed by atoms with E-state index in [1.165, 1.54) is 6.92 Å². The lowest BCUT2D eigenvalue weighted by Gasteiger charge is -2.47. The van der Waals surface area contributed by atoms with Gasteiger partial charge in [0.15, 0.2) is 0 Å². The number of nitrogens with two attached hydrogens (primary N) is 1. The maximum atomic E-state index is 15.2. The molecule has 3 aliphatic rings. The van der Waals surface area contributed by atoms with Gasteiger partial charge in [0.2, 0.25) is 5.91 Å². The van der Waals surface area contributed by atoms with Crippen LogP contribution in [0.15, 0.2) is 41.6 Å². The highest BCUT2D eigenvalue weighted by atomic mass is 19.3. The molecule has 1 aliphatic carbocycles. The van der Waals surface area contributed by atoms with Crippen molar-refractivity contribution in [2.75, 3.05) is 0 Å². The molecule has 2 N–H and O–H groups in total. The first-order valence-electron chi connectivity index (χ1n) is 11.7. The number of fused-ring (bicyclic) bond motifs is 1. The van der Waals surface area contributed by atoms with E-state index in [1.54, 1.807) is 43.6 Å². The van der Waals surface area contributed by atoms with Crippen LogP contribution in [0.25, 0.3) is 5.57 Å². The van der Waals surface area contributed by atoms with E-state index in [1.807, 2.05) is 13.0 Å². The lowest BCUT2D eigenvalue weighted by atomic mass is 9.55. The molecular formula is C26H28F2N4O3. The average molecular weight is 483 g/mol. The summed E-state index contributed by atoms with van der Waals surface area (Å²) in [5, 5.41) is 9.33. The van der Waals surface area contributed by atoms with Gasteiger partial charge in [-0.05, 0) is 30.5 Å². The summed E-state index contributed by atoms with van der Waals surface area (Å²) < 4.78 is 35.7. The Morgan fingerprint density at radius 2 is 2.09 bits per heavy atom. The van der Waals surface area contributed by atoms with Gasteiger partial charge in [-0.3, -0.25) is 14.6 Å². The predicted octanol–water partition coefficient (Wildman–Crippen LogP) is 3.70. The quantitative estimate of drug-likeness (QED) is 0.507. The number of esters is 1. The summed E-state index contributed by atoms with van der Waals surface area (Å²) in [4.78, 5) is 33.2. The Kier molecular flexibility index (Phi) is 6.34. The number of ether oxygens (including phenoxy) is 1. The summed E-state index contributed by atoms with van der Waals surface area (Å²) in [5.41, 5.74) is 5.49. The van der Waals surface area contributed by atoms with E-state index in [0.717, 1.165) is 5.57 Å². The molecule has 3 heterocycles. The number of halogens is 2. The number of hydrogen-bond donors (Lipinski definition) is 1. The molecule has 1 aromatic heterocycles. The van der Waals surface area contributed by atoms with Crippen molar-refractivity contribution in [3.63, 3.8) is 0 Å². The Morgan fingerprint density at radius 1 is 1.34 bits per heavy atom. The molecule has 1 aromatic rings. The molecule has 1 saturated heterocycles. The summed E-state index contributed by atoms with van der Waals surface area (Å²) in [5.74, 6) is -7.21. The number of pyridine rings is 1. The van der Waals surface area contributed by atoms with Crippen LogP contribution in [-0.2, 0) is 14.3 Å². The van der Waals surface area contributed by atoms with Crippen molar-refractivity contribution < 1.29 is 23.1 Å². The Labute approximate surface area is 202 Å². The molecule has 4 rings (SSSR count). The third-order valence-electron chi connectivity index (χ3n) is 7.66. The van der Waals surface area contributed by atoms with Crippen molar-refractivity contribution >= 4 is 23.7 Å². The zero-order valence-electron chi connectivity index (χ0n) is 19.8. The second-order valence-corrected chi connectivity index (χ2v) is 9.89. The first-order chi connectivity index (χ1) is 16.5. The molecule has 2 fully saturated rings. The fourth-order valence-corrected chi connectivity index (χ4v) is 5.92. The van der Waals surface area contributed by atoms with Gasteiger partial charge >= 0.3 is 5.97 Å². The van der Waals surface area contributed by atoms with Crippen LogP contribution in [-0.4, -0.2) is 41.1 Å². The van der Waals surface area contributed by atoms with E-state index in [-0.39, 0.29) is 12.0 Å². The number of aromatic nitrogens is 1. The minimum atomic E-state index is -3.17. The second-order valence-electron chi connectivity index (χ2n) is 9.89. The Morgan fingerprint density at radius 3 is 2.74 bits per heavy atom. The Hall–Kier alpha value is -3.41. The molecule has 0 bridgehead atoms. The number of alkyl halides is 2. The number of nitriles is 1. The van der Waals surface area contributed by atoms with Crippen LogP contribution in [0, 0.1) is 40.4 Å². The highest BCUT2D eigenvalue weighted by molar-refractivity contribution is 6.11. The zero-order chi connectivity index (χ0) is 25.5. The number of amides is 1. The van der Waals surface area contributed by atoms with E-state index in [4.69, 9.17) is 10.5 Å². The van der Waals surface area contributed by atoms with Gasteiger partial charge in [0.05, 0.1) is 11.5 Å². The number of dihydropyridines is 1. The van der Waals surface area contributed by atoms with Gasteiger partial charge in [-0.2, -0.15) is 5.26 Å².